The first-order valence-corrected chi connectivity index (χ1v) is 6.37. The molecule has 2 atom stereocenters. The van der Waals surface area contributed by atoms with Crippen LogP contribution in [-0.4, -0.2) is 12.2 Å². The maximum Gasteiger partial charge on any atom is 0.128 e. The molecule has 2 nitrogen and oxygen atoms in total. The first-order chi connectivity index (χ1) is 8.00. The molecule has 0 aliphatic heterocycles. The Balaban J connectivity index is 2.56. The third kappa shape index (κ3) is 1.85. The minimum atomic E-state index is -0.705. The average molecular weight is 234 g/mol. The van der Waals surface area contributed by atoms with Crippen LogP contribution in [0.2, 0.25) is 0 Å². The zero-order valence-corrected chi connectivity index (χ0v) is 11.2. The molecule has 0 heterocycles. The van der Waals surface area contributed by atoms with E-state index in [4.69, 9.17) is 4.74 Å². The molecule has 2 unspecified atom stereocenters. The predicted molar refractivity (Wildman–Crippen MR) is 69.4 cm³/mol. The number of aliphatic hydroxyl groups is 1. The van der Waals surface area contributed by atoms with Crippen LogP contribution in [0.4, 0.5) is 0 Å². The van der Waals surface area contributed by atoms with E-state index in [1.807, 2.05) is 6.07 Å². The van der Waals surface area contributed by atoms with Crippen molar-refractivity contribution < 1.29 is 9.84 Å². The number of aryl methyl sites for hydroxylation is 1. The number of hydrogen-bond acceptors (Lipinski definition) is 2. The summed E-state index contributed by atoms with van der Waals surface area (Å²) in [5.74, 6) is 1.17. The van der Waals surface area contributed by atoms with Crippen LogP contribution in [0.5, 0.6) is 5.75 Å². The summed E-state index contributed by atoms with van der Waals surface area (Å²) in [6.45, 7) is 6.26. The van der Waals surface area contributed by atoms with Crippen LogP contribution in [0.15, 0.2) is 12.1 Å². The topological polar surface area (TPSA) is 29.5 Å². The summed E-state index contributed by atoms with van der Waals surface area (Å²) < 4.78 is 5.52. The van der Waals surface area contributed by atoms with Gasteiger partial charge in [-0.1, -0.05) is 19.1 Å². The highest BCUT2D eigenvalue weighted by Crippen LogP contribution is 2.47. The predicted octanol–water partition coefficient (Wildman–Crippen LogP) is 3.32. The van der Waals surface area contributed by atoms with Crippen molar-refractivity contribution in [3.05, 3.63) is 28.8 Å². The molecule has 0 aromatic heterocycles. The van der Waals surface area contributed by atoms with E-state index in [9.17, 15) is 5.11 Å². The van der Waals surface area contributed by atoms with Gasteiger partial charge in [0.15, 0.2) is 0 Å². The van der Waals surface area contributed by atoms with Crippen LogP contribution < -0.4 is 4.74 Å². The SMILES string of the molecule is COc1c(C2(O)CCCC2C)ccc(C)c1C. The van der Waals surface area contributed by atoms with Crippen molar-refractivity contribution >= 4 is 0 Å². The fourth-order valence-corrected chi connectivity index (χ4v) is 2.96. The summed E-state index contributed by atoms with van der Waals surface area (Å²) >= 11 is 0. The van der Waals surface area contributed by atoms with Gasteiger partial charge in [-0.3, -0.25) is 0 Å². The largest absolute Gasteiger partial charge is 0.496 e. The molecule has 2 rings (SSSR count). The van der Waals surface area contributed by atoms with E-state index in [0.717, 1.165) is 36.1 Å². The van der Waals surface area contributed by atoms with E-state index < -0.39 is 5.60 Å². The Bertz CT molecular complexity index is 425. The molecule has 1 N–H and O–H groups in total. The third-order valence-corrected chi connectivity index (χ3v) is 4.36. The lowest BCUT2D eigenvalue weighted by atomic mass is 9.83. The highest BCUT2D eigenvalue weighted by molar-refractivity contribution is 5.48. The van der Waals surface area contributed by atoms with Crippen LogP contribution in [0, 0.1) is 19.8 Å². The minimum Gasteiger partial charge on any atom is -0.496 e. The van der Waals surface area contributed by atoms with Crippen molar-refractivity contribution in [2.75, 3.05) is 7.11 Å². The van der Waals surface area contributed by atoms with Crippen LogP contribution in [0.1, 0.15) is 42.9 Å². The molecular weight excluding hydrogens is 212 g/mol. The van der Waals surface area contributed by atoms with Gasteiger partial charge in [-0.25, -0.2) is 0 Å². The zero-order chi connectivity index (χ0) is 12.6. The summed E-state index contributed by atoms with van der Waals surface area (Å²) in [5, 5.41) is 10.9. The van der Waals surface area contributed by atoms with Gasteiger partial charge in [-0.05, 0) is 50.2 Å². The molecule has 0 amide bonds. The fraction of sp³-hybridized carbons (Fsp3) is 0.600. The Kier molecular flexibility index (Phi) is 3.17. The maximum absolute atomic E-state index is 10.9. The van der Waals surface area contributed by atoms with Gasteiger partial charge in [0.2, 0.25) is 0 Å². The van der Waals surface area contributed by atoms with E-state index in [1.54, 1.807) is 7.11 Å². The highest BCUT2D eigenvalue weighted by atomic mass is 16.5. The Morgan fingerprint density at radius 1 is 1.35 bits per heavy atom. The minimum absolute atomic E-state index is 0.304. The second kappa shape index (κ2) is 4.34. The molecule has 1 aliphatic carbocycles. The smallest absolute Gasteiger partial charge is 0.128 e. The van der Waals surface area contributed by atoms with Crippen LogP contribution in [-0.2, 0) is 5.60 Å². The monoisotopic (exact) mass is 234 g/mol. The second-order valence-electron chi connectivity index (χ2n) is 5.31. The summed E-state index contributed by atoms with van der Waals surface area (Å²) in [5.41, 5.74) is 2.61. The van der Waals surface area contributed by atoms with E-state index in [-0.39, 0.29) is 0 Å². The molecule has 1 aromatic rings. The quantitative estimate of drug-likeness (QED) is 0.850. The standard InChI is InChI=1S/C15H22O2/c1-10-7-8-13(14(17-4)12(10)3)15(16)9-5-6-11(15)2/h7-8,11,16H,5-6,9H2,1-4H3. The van der Waals surface area contributed by atoms with Crippen LogP contribution >= 0.6 is 0 Å². The van der Waals surface area contributed by atoms with Crippen LogP contribution in [0.25, 0.3) is 0 Å². The molecule has 0 bridgehead atoms. The lowest BCUT2D eigenvalue weighted by Crippen LogP contribution is -2.29. The van der Waals surface area contributed by atoms with Crippen molar-refractivity contribution in [2.24, 2.45) is 5.92 Å². The average Bonchev–Trinajstić information content (AvgIpc) is 2.64. The molecule has 94 valence electrons. The van der Waals surface area contributed by atoms with Crippen molar-refractivity contribution in [1.29, 1.82) is 0 Å². The Morgan fingerprint density at radius 3 is 2.59 bits per heavy atom. The van der Waals surface area contributed by atoms with Gasteiger partial charge >= 0.3 is 0 Å². The van der Waals surface area contributed by atoms with Gasteiger partial charge in [0.25, 0.3) is 0 Å². The fourth-order valence-electron chi connectivity index (χ4n) is 2.96. The maximum atomic E-state index is 10.9. The number of ether oxygens (including phenoxy) is 1. The third-order valence-electron chi connectivity index (χ3n) is 4.36. The zero-order valence-electron chi connectivity index (χ0n) is 11.2. The van der Waals surface area contributed by atoms with E-state index in [0.29, 0.717) is 5.92 Å². The molecule has 1 aromatic carbocycles. The molecular formula is C15H22O2. The lowest BCUT2D eigenvalue weighted by molar-refractivity contribution is 0.00232. The first kappa shape index (κ1) is 12.4. The molecule has 2 heteroatoms. The summed E-state index contributed by atoms with van der Waals surface area (Å²) in [6, 6.07) is 4.11. The molecule has 0 saturated heterocycles. The molecule has 1 saturated carbocycles. The Morgan fingerprint density at radius 2 is 2.06 bits per heavy atom. The number of hydrogen-bond donors (Lipinski definition) is 1. The number of rotatable bonds is 2. The van der Waals surface area contributed by atoms with Crippen molar-refractivity contribution in [3.63, 3.8) is 0 Å². The molecule has 0 spiro atoms. The van der Waals surface area contributed by atoms with Crippen molar-refractivity contribution in [3.8, 4) is 5.75 Å². The molecule has 17 heavy (non-hydrogen) atoms. The first-order valence-electron chi connectivity index (χ1n) is 6.37. The van der Waals surface area contributed by atoms with Crippen molar-refractivity contribution in [2.45, 2.75) is 45.6 Å². The summed E-state index contributed by atoms with van der Waals surface area (Å²) in [7, 11) is 1.69. The lowest BCUT2D eigenvalue weighted by Gasteiger charge is -2.30. The number of benzene rings is 1. The number of methoxy groups -OCH3 is 1. The van der Waals surface area contributed by atoms with Crippen molar-refractivity contribution in [1.82, 2.24) is 0 Å². The Hall–Kier alpha value is -1.02. The normalized spacial score (nSPS) is 28.4. The molecule has 0 radical (unpaired) electrons. The van der Waals surface area contributed by atoms with Gasteiger partial charge < -0.3 is 9.84 Å². The van der Waals surface area contributed by atoms with E-state index >= 15 is 0 Å². The van der Waals surface area contributed by atoms with Gasteiger partial charge in [-0.2, -0.15) is 0 Å². The van der Waals surface area contributed by atoms with Gasteiger partial charge in [0.05, 0.1) is 12.7 Å². The highest BCUT2D eigenvalue weighted by Gasteiger charge is 2.42. The van der Waals surface area contributed by atoms with Gasteiger partial charge in [0.1, 0.15) is 5.75 Å². The van der Waals surface area contributed by atoms with Gasteiger partial charge in [0, 0.05) is 5.56 Å². The summed E-state index contributed by atoms with van der Waals surface area (Å²) in [6.07, 6.45) is 3.02. The van der Waals surface area contributed by atoms with Crippen LogP contribution in [0.3, 0.4) is 0 Å². The molecule has 1 aliphatic rings. The summed E-state index contributed by atoms with van der Waals surface area (Å²) in [4.78, 5) is 0. The second-order valence-corrected chi connectivity index (χ2v) is 5.31. The van der Waals surface area contributed by atoms with E-state index in [1.165, 1.54) is 5.56 Å². The Labute approximate surface area is 104 Å². The molecule has 1 fully saturated rings. The van der Waals surface area contributed by atoms with E-state index in [2.05, 4.69) is 26.8 Å². The van der Waals surface area contributed by atoms with Gasteiger partial charge in [-0.15, -0.1) is 0 Å².